The van der Waals surface area contributed by atoms with E-state index in [2.05, 4.69) is 11.3 Å². The summed E-state index contributed by atoms with van der Waals surface area (Å²) in [5.41, 5.74) is 0. The molecule has 0 aliphatic carbocycles. The zero-order valence-corrected chi connectivity index (χ0v) is 4.84. The molecule has 1 amide bonds. The molecule has 1 heterocycles. The molecule has 1 aliphatic heterocycles. The molecule has 1 aliphatic rings. The van der Waals surface area contributed by atoms with E-state index in [-0.39, 0.29) is 0 Å². The third-order valence-corrected chi connectivity index (χ3v) is 0.888. The van der Waals surface area contributed by atoms with Gasteiger partial charge in [-0.2, -0.15) is 0 Å². The summed E-state index contributed by atoms with van der Waals surface area (Å²) in [6, 6.07) is 0. The van der Waals surface area contributed by atoms with E-state index in [1.54, 1.807) is 0 Å². The average molecular weight is 145 g/mol. The van der Waals surface area contributed by atoms with E-state index in [0.717, 1.165) is 0 Å². The zero-order chi connectivity index (χ0) is 7.56. The summed E-state index contributed by atoms with van der Waals surface area (Å²) < 4.78 is 23.1. The lowest BCUT2D eigenvalue weighted by molar-refractivity contribution is -0.124. The Bertz CT molecular complexity index is 169. The fraction of sp³-hybridized carbons (Fsp3) is 0.400. The van der Waals surface area contributed by atoms with Crippen LogP contribution in [0, 0.1) is 6.54 Å². The average Bonchev–Trinajstić information content (AvgIpc) is 2.15. The van der Waals surface area contributed by atoms with Gasteiger partial charge in [0.1, 0.15) is 0 Å². The second-order valence-corrected chi connectivity index (χ2v) is 1.63. The highest BCUT2D eigenvalue weighted by molar-refractivity contribution is 5.98. The van der Waals surface area contributed by atoms with E-state index >= 15 is 0 Å². The number of nitrogens with zero attached hydrogens (tertiary/aromatic N) is 2. The quantitative estimate of drug-likeness (QED) is 0.539. The number of hydrogen-bond donors (Lipinski definition) is 0. The highest BCUT2D eigenvalue weighted by Gasteiger charge is 2.21. The van der Waals surface area contributed by atoms with Crippen LogP contribution in [-0.2, 0) is 4.79 Å². The van der Waals surface area contributed by atoms with Gasteiger partial charge in [0.05, 0.1) is 6.54 Å². The predicted molar refractivity (Wildman–Crippen MR) is 28.4 cm³/mol. The Kier molecular flexibility index (Phi) is 1.94. The number of aliphatic imine (C=N–C) groups is 1. The van der Waals surface area contributed by atoms with Gasteiger partial charge in [-0.1, -0.05) is 0 Å². The molecule has 3 radical (unpaired) electrons. The molecule has 0 saturated heterocycles. The molecule has 0 atom stereocenters. The molecule has 0 fully saturated rings. The first-order valence-corrected chi connectivity index (χ1v) is 2.51. The molecule has 0 unspecified atom stereocenters. The highest BCUT2D eigenvalue weighted by Crippen LogP contribution is 2.03. The van der Waals surface area contributed by atoms with Crippen LogP contribution in [0.3, 0.4) is 0 Å². The Morgan fingerprint density at radius 1 is 1.70 bits per heavy atom. The Labute approximate surface area is 56.3 Å². The maximum Gasteiger partial charge on any atom is 0.262 e. The molecule has 0 bridgehead atoms. The summed E-state index contributed by atoms with van der Waals surface area (Å²) in [4.78, 5) is 14.3. The largest absolute Gasteiger partial charge is 0.286 e. The van der Waals surface area contributed by atoms with Crippen molar-refractivity contribution in [2.45, 2.75) is 6.43 Å². The van der Waals surface area contributed by atoms with Gasteiger partial charge < -0.3 is 0 Å². The molecular weight excluding hydrogens is 142 g/mol. The minimum atomic E-state index is -2.55. The minimum Gasteiger partial charge on any atom is -0.286 e. The maximum absolute atomic E-state index is 11.6. The van der Waals surface area contributed by atoms with Crippen molar-refractivity contribution in [3.8, 4) is 0 Å². The van der Waals surface area contributed by atoms with Crippen molar-refractivity contribution < 1.29 is 13.6 Å². The molecule has 0 saturated carbocycles. The van der Waals surface area contributed by atoms with Crippen molar-refractivity contribution in [2.24, 2.45) is 4.99 Å². The van der Waals surface area contributed by atoms with Gasteiger partial charge in [0, 0.05) is 0 Å². The van der Waals surface area contributed by atoms with Crippen LogP contribution >= 0.6 is 0 Å². The molecule has 5 heteroatoms. The van der Waals surface area contributed by atoms with Crippen LogP contribution < -0.4 is 0 Å². The highest BCUT2D eigenvalue weighted by atomic mass is 19.3. The molecule has 0 N–H and O–H groups in total. The van der Waals surface area contributed by atoms with Crippen LogP contribution in [0.2, 0.25) is 0 Å². The number of amides is 1. The molecular formula is C5H3F2N2O. The Balaban J connectivity index is 2.41. The van der Waals surface area contributed by atoms with Crippen LogP contribution in [0.25, 0.3) is 0 Å². The Morgan fingerprint density at radius 3 is 2.80 bits per heavy atom. The van der Waals surface area contributed by atoms with Crippen molar-refractivity contribution in [3.63, 3.8) is 0 Å². The lowest BCUT2D eigenvalue weighted by Crippen LogP contribution is -2.29. The van der Waals surface area contributed by atoms with E-state index in [1.807, 2.05) is 6.54 Å². The Morgan fingerprint density at radius 2 is 2.40 bits per heavy atom. The number of carbonyl (C=O) groups excluding carboxylic acids is 1. The third kappa shape index (κ3) is 1.49. The van der Waals surface area contributed by atoms with Crippen LogP contribution in [-0.4, -0.2) is 30.1 Å². The van der Waals surface area contributed by atoms with Gasteiger partial charge in [-0.25, -0.2) is 13.8 Å². The van der Waals surface area contributed by atoms with Crippen molar-refractivity contribution in [3.05, 3.63) is 6.54 Å². The number of rotatable bonds is 2. The molecule has 0 aromatic heterocycles. The SMILES string of the molecule is O=C1[C]N=[C]N1CC(F)F. The maximum atomic E-state index is 11.6. The molecule has 0 aromatic carbocycles. The lowest BCUT2D eigenvalue weighted by Gasteiger charge is -2.08. The molecule has 10 heavy (non-hydrogen) atoms. The first kappa shape index (κ1) is 7.11. The van der Waals surface area contributed by atoms with Crippen LogP contribution in [0.1, 0.15) is 0 Å². The van der Waals surface area contributed by atoms with E-state index in [4.69, 9.17) is 0 Å². The van der Waals surface area contributed by atoms with E-state index in [0.29, 0.717) is 4.90 Å². The van der Waals surface area contributed by atoms with Crippen LogP contribution in [0.4, 0.5) is 8.78 Å². The van der Waals surface area contributed by atoms with Gasteiger partial charge in [-0.05, 0) is 0 Å². The number of hydrogen-bond acceptors (Lipinski definition) is 2. The van der Waals surface area contributed by atoms with Crippen LogP contribution in [0.15, 0.2) is 4.99 Å². The number of carbonyl (C=O) groups is 1. The fourth-order valence-electron chi connectivity index (χ4n) is 0.501. The van der Waals surface area contributed by atoms with Gasteiger partial charge in [0.2, 0.25) is 6.54 Å². The monoisotopic (exact) mass is 145 g/mol. The second-order valence-electron chi connectivity index (χ2n) is 1.63. The summed E-state index contributed by atoms with van der Waals surface area (Å²) in [5.74, 6) is -0.666. The molecule has 0 spiro atoms. The first-order chi connectivity index (χ1) is 4.70. The topological polar surface area (TPSA) is 32.7 Å². The first-order valence-electron chi connectivity index (χ1n) is 2.51. The molecule has 0 aromatic rings. The van der Waals surface area contributed by atoms with Gasteiger partial charge in [0.25, 0.3) is 12.3 Å². The standard InChI is InChI=1S/C5H3F2N2O/c6-4(7)2-9-3-8-1-5(9)10/h4H,2H2. The van der Waals surface area contributed by atoms with E-state index in [9.17, 15) is 13.6 Å². The third-order valence-electron chi connectivity index (χ3n) is 0.888. The molecule has 53 valence electrons. The summed E-state index contributed by atoms with van der Waals surface area (Å²) in [6.45, 7) is 1.29. The van der Waals surface area contributed by atoms with Gasteiger partial charge in [0.15, 0.2) is 6.34 Å². The van der Waals surface area contributed by atoms with Gasteiger partial charge >= 0.3 is 0 Å². The van der Waals surface area contributed by atoms with Crippen LogP contribution in [0.5, 0.6) is 0 Å². The lowest BCUT2D eigenvalue weighted by atomic mass is 10.5. The summed E-state index contributed by atoms with van der Waals surface area (Å²) in [6.07, 6.45) is -0.494. The van der Waals surface area contributed by atoms with Crippen molar-refractivity contribution >= 4 is 12.2 Å². The van der Waals surface area contributed by atoms with E-state index < -0.39 is 18.9 Å². The summed E-state index contributed by atoms with van der Waals surface area (Å²) in [7, 11) is 0. The van der Waals surface area contributed by atoms with Crippen molar-refractivity contribution in [1.29, 1.82) is 0 Å². The Hall–Kier alpha value is -1.00. The van der Waals surface area contributed by atoms with Gasteiger partial charge in [-0.15, -0.1) is 0 Å². The summed E-state index contributed by atoms with van der Waals surface area (Å²) >= 11 is 0. The fourth-order valence-corrected chi connectivity index (χ4v) is 0.501. The second kappa shape index (κ2) is 2.72. The molecule has 1 rings (SSSR count). The number of halogens is 2. The normalized spacial score (nSPS) is 17.5. The summed E-state index contributed by atoms with van der Waals surface area (Å²) in [5, 5.41) is 0. The van der Waals surface area contributed by atoms with Crippen molar-refractivity contribution in [2.75, 3.05) is 6.54 Å². The smallest absolute Gasteiger partial charge is 0.262 e. The van der Waals surface area contributed by atoms with Crippen molar-refractivity contribution in [1.82, 2.24) is 4.90 Å². The zero-order valence-electron chi connectivity index (χ0n) is 4.84. The molecule has 3 nitrogen and oxygen atoms in total. The number of alkyl halides is 2. The minimum absolute atomic E-state index is 0.657. The van der Waals surface area contributed by atoms with E-state index in [1.165, 1.54) is 0 Å². The van der Waals surface area contributed by atoms with Gasteiger partial charge in [-0.3, -0.25) is 9.69 Å². The predicted octanol–water partition coefficient (Wildman–Crippen LogP) is 0.0378.